The van der Waals surface area contributed by atoms with Crippen LogP contribution >= 0.6 is 0 Å². The fourth-order valence-electron chi connectivity index (χ4n) is 3.70. The Labute approximate surface area is 162 Å². The van der Waals surface area contributed by atoms with Crippen LogP contribution in [0.15, 0.2) is 42.5 Å². The van der Waals surface area contributed by atoms with Gasteiger partial charge in [-0.05, 0) is 61.9 Å². The molecule has 0 heterocycles. The molecule has 0 unspecified atom stereocenters. The number of nitrogens with one attached hydrogen (secondary N) is 2. The van der Waals surface area contributed by atoms with Gasteiger partial charge in [0.2, 0.25) is 0 Å². The Morgan fingerprint density at radius 2 is 1.78 bits per heavy atom. The van der Waals surface area contributed by atoms with Gasteiger partial charge in [0.1, 0.15) is 12.3 Å². The first-order chi connectivity index (χ1) is 13.2. The highest BCUT2D eigenvalue weighted by atomic mass is 16.5. The average molecular weight is 368 g/mol. The first-order valence-electron chi connectivity index (χ1n) is 10.1. The van der Waals surface area contributed by atoms with E-state index in [-0.39, 0.29) is 12.5 Å². The quantitative estimate of drug-likeness (QED) is 0.714. The van der Waals surface area contributed by atoms with E-state index in [0.29, 0.717) is 6.54 Å². The number of quaternary nitrogens is 1. The lowest BCUT2D eigenvalue weighted by atomic mass is 10.1. The maximum atomic E-state index is 12.2. The summed E-state index contributed by atoms with van der Waals surface area (Å²) in [7, 11) is 0. The zero-order chi connectivity index (χ0) is 19.1. The summed E-state index contributed by atoms with van der Waals surface area (Å²) in [4.78, 5) is 13.8. The monoisotopic (exact) mass is 367 g/mol. The van der Waals surface area contributed by atoms with Crippen LogP contribution < -0.4 is 15.0 Å². The average Bonchev–Trinajstić information content (AvgIpc) is 3.17. The lowest BCUT2D eigenvalue weighted by molar-refractivity contribution is -0.910. The van der Waals surface area contributed by atoms with Gasteiger partial charge in [0, 0.05) is 12.1 Å². The Morgan fingerprint density at radius 3 is 2.56 bits per heavy atom. The van der Waals surface area contributed by atoms with Gasteiger partial charge in [-0.1, -0.05) is 30.3 Å². The minimum atomic E-state index is -0.0829. The van der Waals surface area contributed by atoms with Crippen molar-refractivity contribution in [2.45, 2.75) is 46.2 Å². The van der Waals surface area contributed by atoms with Crippen molar-refractivity contribution in [3.05, 3.63) is 64.7 Å². The Balaban J connectivity index is 1.50. The normalized spacial score (nSPS) is 12.9. The fourth-order valence-corrected chi connectivity index (χ4v) is 3.70. The van der Waals surface area contributed by atoms with E-state index in [1.165, 1.54) is 33.6 Å². The molecule has 1 aliphatic carbocycles. The molecule has 0 atom stereocenters. The largest absolute Gasteiger partial charge is 0.484 e. The third-order valence-corrected chi connectivity index (χ3v) is 5.47. The van der Waals surface area contributed by atoms with Crippen molar-refractivity contribution in [1.82, 2.24) is 5.32 Å². The zero-order valence-electron chi connectivity index (χ0n) is 16.5. The maximum Gasteiger partial charge on any atom is 0.258 e. The molecule has 0 aliphatic heterocycles. The van der Waals surface area contributed by atoms with Crippen LogP contribution in [0.25, 0.3) is 0 Å². The molecule has 0 aromatic heterocycles. The van der Waals surface area contributed by atoms with Crippen LogP contribution in [0.3, 0.4) is 0 Å². The standard InChI is InChI=1S/C23H30N2O2/c1-3-25(4-2)16-21-9-6-5-8-20(21)15-24-23(26)17-27-22-13-12-18-10-7-11-19(18)14-22/h5-6,8-9,12-14H,3-4,7,10-11,15-17H2,1-2H3,(H,24,26)/p+1. The molecule has 144 valence electrons. The van der Waals surface area contributed by atoms with E-state index < -0.39 is 0 Å². The second-order valence-corrected chi connectivity index (χ2v) is 7.25. The summed E-state index contributed by atoms with van der Waals surface area (Å²) in [5.41, 5.74) is 5.26. The summed E-state index contributed by atoms with van der Waals surface area (Å²) < 4.78 is 5.69. The predicted molar refractivity (Wildman–Crippen MR) is 108 cm³/mol. The van der Waals surface area contributed by atoms with Crippen LogP contribution in [-0.2, 0) is 30.7 Å². The molecule has 2 N–H and O–H groups in total. The van der Waals surface area contributed by atoms with Crippen molar-refractivity contribution in [2.75, 3.05) is 19.7 Å². The second kappa shape index (κ2) is 9.56. The van der Waals surface area contributed by atoms with E-state index >= 15 is 0 Å². The molecule has 0 saturated heterocycles. The van der Waals surface area contributed by atoms with Gasteiger partial charge in [0.15, 0.2) is 6.61 Å². The molecule has 4 heteroatoms. The highest BCUT2D eigenvalue weighted by molar-refractivity contribution is 5.77. The van der Waals surface area contributed by atoms with Crippen LogP contribution in [0.2, 0.25) is 0 Å². The summed E-state index contributed by atoms with van der Waals surface area (Å²) in [5, 5.41) is 3.00. The highest BCUT2D eigenvalue weighted by Gasteiger charge is 2.13. The molecule has 0 spiro atoms. The lowest BCUT2D eigenvalue weighted by Crippen LogP contribution is -3.10. The topological polar surface area (TPSA) is 42.8 Å². The van der Waals surface area contributed by atoms with Crippen LogP contribution in [0.1, 0.15) is 42.5 Å². The first-order valence-corrected chi connectivity index (χ1v) is 10.1. The molecule has 0 saturated carbocycles. The number of rotatable bonds is 9. The number of hydrogen-bond donors (Lipinski definition) is 2. The first kappa shape index (κ1) is 19.4. The van der Waals surface area contributed by atoms with Crippen molar-refractivity contribution in [1.29, 1.82) is 0 Å². The lowest BCUT2D eigenvalue weighted by Gasteiger charge is -2.18. The molecule has 4 nitrogen and oxygen atoms in total. The van der Waals surface area contributed by atoms with Crippen molar-refractivity contribution in [2.24, 2.45) is 0 Å². The summed E-state index contributed by atoms with van der Waals surface area (Å²) in [5.74, 6) is 0.705. The smallest absolute Gasteiger partial charge is 0.258 e. The number of fused-ring (bicyclic) bond motifs is 1. The summed E-state index contributed by atoms with van der Waals surface area (Å²) in [6, 6.07) is 14.5. The van der Waals surface area contributed by atoms with E-state index in [9.17, 15) is 4.79 Å². The van der Waals surface area contributed by atoms with Gasteiger partial charge in [-0.25, -0.2) is 0 Å². The van der Waals surface area contributed by atoms with Crippen LogP contribution in [0, 0.1) is 0 Å². The highest BCUT2D eigenvalue weighted by Crippen LogP contribution is 2.25. The third-order valence-electron chi connectivity index (χ3n) is 5.47. The fraction of sp³-hybridized carbons (Fsp3) is 0.435. The molecule has 1 aliphatic rings. The number of ether oxygens (including phenoxy) is 1. The predicted octanol–water partition coefficient (Wildman–Crippen LogP) is 2.30. The molecule has 0 fully saturated rings. The van der Waals surface area contributed by atoms with Crippen molar-refractivity contribution >= 4 is 5.91 Å². The van der Waals surface area contributed by atoms with Crippen LogP contribution in [0.5, 0.6) is 5.75 Å². The number of amides is 1. The second-order valence-electron chi connectivity index (χ2n) is 7.25. The number of carbonyl (C=O) groups is 1. The SMILES string of the molecule is CC[NH+](CC)Cc1ccccc1CNC(=O)COc1ccc2c(c1)CCC2. The van der Waals surface area contributed by atoms with Gasteiger partial charge < -0.3 is 15.0 Å². The number of hydrogen-bond acceptors (Lipinski definition) is 2. The zero-order valence-corrected chi connectivity index (χ0v) is 16.5. The van der Waals surface area contributed by atoms with Gasteiger partial charge in [0.05, 0.1) is 13.1 Å². The Morgan fingerprint density at radius 1 is 1.04 bits per heavy atom. The van der Waals surface area contributed by atoms with Gasteiger partial charge >= 0.3 is 0 Å². The van der Waals surface area contributed by atoms with E-state index in [1.807, 2.05) is 12.1 Å². The van der Waals surface area contributed by atoms with E-state index in [4.69, 9.17) is 4.74 Å². The van der Waals surface area contributed by atoms with E-state index in [0.717, 1.165) is 38.2 Å². The minimum Gasteiger partial charge on any atom is -0.484 e. The Kier molecular flexibility index (Phi) is 6.88. The van der Waals surface area contributed by atoms with Gasteiger partial charge in [-0.15, -0.1) is 0 Å². The molecule has 27 heavy (non-hydrogen) atoms. The van der Waals surface area contributed by atoms with Crippen LogP contribution in [0.4, 0.5) is 0 Å². The van der Waals surface area contributed by atoms with Crippen LogP contribution in [-0.4, -0.2) is 25.6 Å². The molecule has 0 radical (unpaired) electrons. The molecular formula is C23H31N2O2+. The summed E-state index contributed by atoms with van der Waals surface area (Å²) in [6.07, 6.45) is 3.49. The maximum absolute atomic E-state index is 12.2. The van der Waals surface area contributed by atoms with E-state index in [1.54, 1.807) is 0 Å². The summed E-state index contributed by atoms with van der Waals surface area (Å²) >= 11 is 0. The molecule has 2 aromatic carbocycles. The van der Waals surface area contributed by atoms with Crippen molar-refractivity contribution < 1.29 is 14.4 Å². The minimum absolute atomic E-state index is 0.0578. The Hall–Kier alpha value is -2.33. The molecule has 0 bridgehead atoms. The number of carbonyl (C=O) groups excluding carboxylic acids is 1. The molecule has 3 rings (SSSR count). The van der Waals surface area contributed by atoms with E-state index in [2.05, 4.69) is 49.5 Å². The van der Waals surface area contributed by atoms with Crippen molar-refractivity contribution in [3.8, 4) is 5.75 Å². The summed E-state index contributed by atoms with van der Waals surface area (Å²) in [6.45, 7) is 8.22. The van der Waals surface area contributed by atoms with Gasteiger partial charge in [0.25, 0.3) is 5.91 Å². The molecule has 1 amide bonds. The Bertz CT molecular complexity index is 769. The molecule has 2 aromatic rings. The van der Waals surface area contributed by atoms with Gasteiger partial charge in [-0.2, -0.15) is 0 Å². The molecular weight excluding hydrogens is 336 g/mol. The number of benzene rings is 2. The van der Waals surface area contributed by atoms with Crippen molar-refractivity contribution in [3.63, 3.8) is 0 Å². The number of aryl methyl sites for hydroxylation is 2. The third kappa shape index (κ3) is 5.33. The van der Waals surface area contributed by atoms with Gasteiger partial charge in [-0.3, -0.25) is 4.79 Å².